The number of thioether (sulfide) groups is 1. The molecule has 0 bridgehead atoms. The van der Waals surface area contributed by atoms with E-state index in [4.69, 9.17) is 4.42 Å². The number of amides is 2. The van der Waals surface area contributed by atoms with Crippen LogP contribution in [0.25, 0.3) is 11.5 Å². The van der Waals surface area contributed by atoms with E-state index in [0.717, 1.165) is 0 Å². The lowest BCUT2D eigenvalue weighted by Crippen LogP contribution is -2.56. The van der Waals surface area contributed by atoms with Gasteiger partial charge in [0.1, 0.15) is 5.82 Å². The highest BCUT2D eigenvalue weighted by Gasteiger charge is 2.33. The zero-order valence-corrected chi connectivity index (χ0v) is 17.2. The Bertz CT molecular complexity index is 1060. The molecule has 1 fully saturated rings. The van der Waals surface area contributed by atoms with Crippen LogP contribution in [-0.4, -0.2) is 50.7 Å². The molecule has 7 nitrogen and oxygen atoms in total. The van der Waals surface area contributed by atoms with Gasteiger partial charge >= 0.3 is 12.5 Å². The molecule has 1 aliphatic rings. The zero-order chi connectivity index (χ0) is 22.0. The molecule has 11 heteroatoms. The Labute approximate surface area is 180 Å². The molecule has 31 heavy (non-hydrogen) atoms. The van der Waals surface area contributed by atoms with Gasteiger partial charge in [0.2, 0.25) is 5.89 Å². The Balaban J connectivity index is 1.54. The second-order valence-corrected chi connectivity index (χ2v) is 8.03. The molecule has 4 rings (SSSR count). The fraction of sp³-hybridized carbons (Fsp3) is 0.300. The van der Waals surface area contributed by atoms with Gasteiger partial charge in [0, 0.05) is 30.2 Å². The molecular formula is C20H18F3N5O2S. The summed E-state index contributed by atoms with van der Waals surface area (Å²) in [5.41, 5.74) is 1.32. The first-order valence-electron chi connectivity index (χ1n) is 9.36. The van der Waals surface area contributed by atoms with Crippen molar-refractivity contribution in [2.45, 2.75) is 18.2 Å². The molecule has 2 amide bonds. The lowest BCUT2D eigenvalue weighted by molar-refractivity contribution is 0.116. The van der Waals surface area contributed by atoms with E-state index >= 15 is 0 Å². The molecular weight excluding hydrogens is 431 g/mol. The molecule has 3 aromatic rings. The number of pyridine rings is 1. The summed E-state index contributed by atoms with van der Waals surface area (Å²) in [6, 6.07) is 8.78. The van der Waals surface area contributed by atoms with Gasteiger partial charge in [0.15, 0.2) is 0 Å². The van der Waals surface area contributed by atoms with Crippen molar-refractivity contribution in [3.63, 3.8) is 0 Å². The highest BCUT2D eigenvalue weighted by Crippen LogP contribution is 2.26. The number of urea groups is 1. The minimum atomic E-state index is -2.86. The lowest BCUT2D eigenvalue weighted by Gasteiger charge is -2.41. The van der Waals surface area contributed by atoms with Gasteiger partial charge in [-0.25, -0.2) is 9.18 Å². The molecule has 0 saturated carbocycles. The molecule has 0 unspecified atom stereocenters. The number of hydrogen-bond acceptors (Lipinski definition) is 6. The lowest BCUT2D eigenvalue weighted by atomic mass is 10.2. The normalized spacial score (nSPS) is 14.0. The van der Waals surface area contributed by atoms with Crippen molar-refractivity contribution in [2.75, 3.05) is 24.2 Å². The van der Waals surface area contributed by atoms with E-state index in [1.54, 1.807) is 40.9 Å². The van der Waals surface area contributed by atoms with Gasteiger partial charge < -0.3 is 9.32 Å². The van der Waals surface area contributed by atoms with Crippen LogP contribution in [0.2, 0.25) is 0 Å². The smallest absolute Gasteiger partial charge is 0.324 e. The molecule has 0 atom stereocenters. The predicted octanol–water partition coefficient (Wildman–Crippen LogP) is 4.38. The van der Waals surface area contributed by atoms with Gasteiger partial charge in [-0.2, -0.15) is 20.5 Å². The molecule has 1 saturated heterocycles. The molecule has 0 radical (unpaired) electrons. The van der Waals surface area contributed by atoms with Crippen LogP contribution in [0.3, 0.4) is 0 Å². The van der Waals surface area contributed by atoms with Crippen molar-refractivity contribution < 1.29 is 22.4 Å². The van der Waals surface area contributed by atoms with Gasteiger partial charge in [-0.15, -0.1) is 10.2 Å². The van der Waals surface area contributed by atoms with Gasteiger partial charge in [0.05, 0.1) is 17.8 Å². The van der Waals surface area contributed by atoms with E-state index in [2.05, 4.69) is 15.2 Å². The molecule has 2 aromatic heterocycles. The molecule has 1 aliphatic heterocycles. The van der Waals surface area contributed by atoms with Crippen LogP contribution in [0.1, 0.15) is 18.0 Å². The average molecular weight is 449 g/mol. The van der Waals surface area contributed by atoms with Crippen LogP contribution in [0.15, 0.2) is 47.0 Å². The number of halogens is 3. The van der Waals surface area contributed by atoms with Crippen molar-refractivity contribution >= 4 is 23.5 Å². The van der Waals surface area contributed by atoms with E-state index < -0.39 is 18.1 Å². The number of carbonyl (C=O) groups excluding carboxylic acids is 1. The average Bonchev–Trinajstić information content (AvgIpc) is 3.22. The van der Waals surface area contributed by atoms with Crippen LogP contribution >= 0.6 is 11.8 Å². The first kappa shape index (κ1) is 21.2. The molecule has 0 aliphatic carbocycles. The third kappa shape index (κ3) is 4.66. The quantitative estimate of drug-likeness (QED) is 0.556. The number of anilines is 1. The standard InChI is InChI=1S/C20H18F3N5O2S/c1-31-16-10-27(11-16)20(29)28(15-4-2-3-13(21)7-15)9-14-6-5-12(8-24-14)18-25-26-19(30-18)17(22)23/h2-8,16-17H,9-11H2,1H3. The summed E-state index contributed by atoms with van der Waals surface area (Å²) in [4.78, 5) is 20.5. The third-order valence-electron chi connectivity index (χ3n) is 4.82. The van der Waals surface area contributed by atoms with Gasteiger partial charge in [-0.05, 0) is 36.6 Å². The van der Waals surface area contributed by atoms with Crippen molar-refractivity contribution in [1.29, 1.82) is 0 Å². The largest absolute Gasteiger partial charge is 0.415 e. The number of benzene rings is 1. The first-order valence-corrected chi connectivity index (χ1v) is 10.6. The maximum absolute atomic E-state index is 13.8. The van der Waals surface area contributed by atoms with Gasteiger partial charge in [0.25, 0.3) is 5.89 Å². The number of nitrogens with zero attached hydrogens (tertiary/aromatic N) is 5. The van der Waals surface area contributed by atoms with Crippen LogP contribution < -0.4 is 4.90 Å². The maximum atomic E-state index is 13.8. The van der Waals surface area contributed by atoms with Crippen molar-refractivity contribution in [2.24, 2.45) is 0 Å². The summed E-state index contributed by atoms with van der Waals surface area (Å²) in [6.07, 6.45) is 0.543. The van der Waals surface area contributed by atoms with Crippen LogP contribution in [0, 0.1) is 5.82 Å². The second-order valence-electron chi connectivity index (χ2n) is 6.90. The molecule has 0 N–H and O–H groups in total. The number of carbonyl (C=O) groups is 1. The molecule has 1 aromatic carbocycles. The first-order chi connectivity index (χ1) is 14.9. The second kappa shape index (κ2) is 8.96. The maximum Gasteiger partial charge on any atom is 0.324 e. The fourth-order valence-electron chi connectivity index (χ4n) is 3.07. The number of hydrogen-bond donors (Lipinski definition) is 0. The van der Waals surface area contributed by atoms with E-state index in [0.29, 0.717) is 35.3 Å². The van der Waals surface area contributed by atoms with E-state index in [1.165, 1.54) is 23.2 Å². The SMILES string of the molecule is CSC1CN(C(=O)N(Cc2ccc(-c3nnc(C(F)F)o3)cn2)c2cccc(F)c2)C1. The highest BCUT2D eigenvalue weighted by atomic mass is 32.2. The Kier molecular flexibility index (Phi) is 6.12. The molecule has 162 valence electrons. The number of rotatable bonds is 6. The van der Waals surface area contributed by atoms with Crippen LogP contribution in [-0.2, 0) is 6.54 Å². The Hall–Kier alpha value is -3.08. The summed E-state index contributed by atoms with van der Waals surface area (Å²) in [5.74, 6) is -1.29. The van der Waals surface area contributed by atoms with Gasteiger partial charge in [-0.3, -0.25) is 9.88 Å². The Morgan fingerprint density at radius 1 is 1.29 bits per heavy atom. The van der Waals surface area contributed by atoms with Crippen molar-refractivity contribution in [1.82, 2.24) is 20.1 Å². The summed E-state index contributed by atoms with van der Waals surface area (Å²) in [5, 5.41) is 7.27. The number of aromatic nitrogens is 3. The summed E-state index contributed by atoms with van der Waals surface area (Å²) in [7, 11) is 0. The van der Waals surface area contributed by atoms with E-state index in [1.807, 2.05) is 6.26 Å². The summed E-state index contributed by atoms with van der Waals surface area (Å²) < 4.78 is 44.0. The zero-order valence-electron chi connectivity index (χ0n) is 16.4. The third-order valence-corrected chi connectivity index (χ3v) is 5.79. The number of alkyl halides is 2. The minimum absolute atomic E-state index is 0.0731. The highest BCUT2D eigenvalue weighted by molar-refractivity contribution is 7.99. The van der Waals surface area contributed by atoms with Crippen LogP contribution in [0.5, 0.6) is 0 Å². The minimum Gasteiger partial charge on any atom is -0.415 e. The van der Waals surface area contributed by atoms with E-state index in [-0.39, 0.29) is 18.5 Å². The van der Waals surface area contributed by atoms with Crippen molar-refractivity contribution in [3.8, 4) is 11.5 Å². The monoisotopic (exact) mass is 449 g/mol. The van der Waals surface area contributed by atoms with Crippen LogP contribution in [0.4, 0.5) is 23.7 Å². The molecule has 3 heterocycles. The topological polar surface area (TPSA) is 75.4 Å². The van der Waals surface area contributed by atoms with Crippen molar-refractivity contribution in [3.05, 3.63) is 60.0 Å². The van der Waals surface area contributed by atoms with E-state index in [9.17, 15) is 18.0 Å². The summed E-state index contributed by atoms with van der Waals surface area (Å²) >= 11 is 1.70. The predicted molar refractivity (Wildman–Crippen MR) is 109 cm³/mol. The fourth-order valence-corrected chi connectivity index (χ4v) is 3.73. The molecule has 0 spiro atoms. The van der Waals surface area contributed by atoms with Gasteiger partial charge in [-0.1, -0.05) is 6.07 Å². The number of likely N-dealkylation sites (tertiary alicyclic amines) is 1. The Morgan fingerprint density at radius 3 is 2.71 bits per heavy atom. The Morgan fingerprint density at radius 2 is 2.10 bits per heavy atom. The summed E-state index contributed by atoms with van der Waals surface area (Å²) in [6.45, 7) is 1.36.